The van der Waals surface area contributed by atoms with Crippen LogP contribution in [-0.2, 0) is 16.2 Å². The molecule has 11 heteroatoms. The summed E-state index contributed by atoms with van der Waals surface area (Å²) in [5.74, 6) is -2.33. The van der Waals surface area contributed by atoms with Gasteiger partial charge >= 0.3 is 6.18 Å². The lowest BCUT2D eigenvalue weighted by Gasteiger charge is -2.13. The molecular formula is C18H16F4N4O2S. The number of halogens is 4. The molecule has 6 nitrogen and oxygen atoms in total. The number of benzene rings is 2. The van der Waals surface area contributed by atoms with E-state index in [1.807, 2.05) is 6.92 Å². The van der Waals surface area contributed by atoms with E-state index >= 15 is 0 Å². The van der Waals surface area contributed by atoms with E-state index < -0.39 is 27.8 Å². The maximum absolute atomic E-state index is 13.4. The van der Waals surface area contributed by atoms with Crippen LogP contribution in [0.1, 0.15) is 19.2 Å². The van der Waals surface area contributed by atoms with Gasteiger partial charge < -0.3 is 5.32 Å². The lowest BCUT2D eigenvalue weighted by molar-refractivity contribution is -0.144. The first-order valence-corrected chi connectivity index (χ1v) is 10.00. The molecule has 0 amide bonds. The van der Waals surface area contributed by atoms with E-state index in [0.717, 1.165) is 12.1 Å². The predicted molar refractivity (Wildman–Crippen MR) is 99.7 cm³/mol. The maximum atomic E-state index is 13.4. The molecule has 0 spiro atoms. The van der Waals surface area contributed by atoms with Crippen molar-refractivity contribution in [3.8, 4) is 0 Å². The van der Waals surface area contributed by atoms with E-state index in [2.05, 4.69) is 20.0 Å². The summed E-state index contributed by atoms with van der Waals surface area (Å²) in [4.78, 5) is 6.91. The molecule has 29 heavy (non-hydrogen) atoms. The van der Waals surface area contributed by atoms with Gasteiger partial charge in [0.2, 0.25) is 15.8 Å². The first-order chi connectivity index (χ1) is 13.6. The van der Waals surface area contributed by atoms with E-state index in [-0.39, 0.29) is 28.2 Å². The van der Waals surface area contributed by atoms with Crippen LogP contribution in [0, 0.1) is 5.82 Å². The van der Waals surface area contributed by atoms with Crippen LogP contribution < -0.4 is 10.0 Å². The number of hydrogen-bond acceptors (Lipinski definition) is 5. The Kier molecular flexibility index (Phi) is 5.71. The number of aromatic nitrogens is 2. The monoisotopic (exact) mass is 428 g/mol. The average Bonchev–Trinajstić information content (AvgIpc) is 2.65. The van der Waals surface area contributed by atoms with Crippen molar-refractivity contribution in [1.29, 1.82) is 0 Å². The lowest BCUT2D eigenvalue weighted by Crippen LogP contribution is -2.24. The third kappa shape index (κ3) is 4.80. The number of rotatable bonds is 6. The Labute approximate surface area is 164 Å². The van der Waals surface area contributed by atoms with Crippen LogP contribution in [0.4, 0.5) is 29.1 Å². The fourth-order valence-corrected chi connectivity index (χ4v) is 3.63. The van der Waals surface area contributed by atoms with E-state index in [0.29, 0.717) is 12.1 Å². The second kappa shape index (κ2) is 7.91. The molecule has 0 saturated carbocycles. The minimum atomic E-state index is -4.82. The first-order valence-electron chi connectivity index (χ1n) is 8.51. The maximum Gasteiger partial charge on any atom is 0.451 e. The molecule has 0 unspecified atom stereocenters. The number of anilines is 2. The van der Waals surface area contributed by atoms with Crippen molar-refractivity contribution >= 4 is 32.4 Å². The van der Waals surface area contributed by atoms with Gasteiger partial charge in [-0.1, -0.05) is 6.92 Å². The zero-order chi connectivity index (χ0) is 21.2. The zero-order valence-corrected chi connectivity index (χ0v) is 15.9. The Balaban J connectivity index is 1.97. The second-order valence-corrected chi connectivity index (χ2v) is 7.87. The van der Waals surface area contributed by atoms with Gasteiger partial charge in [-0.3, -0.25) is 0 Å². The fraction of sp³-hybridized carbons (Fsp3) is 0.222. The first kappa shape index (κ1) is 20.9. The van der Waals surface area contributed by atoms with E-state index in [1.165, 1.54) is 30.3 Å². The van der Waals surface area contributed by atoms with Crippen molar-refractivity contribution in [2.45, 2.75) is 24.4 Å². The van der Waals surface area contributed by atoms with Crippen molar-refractivity contribution in [2.75, 3.05) is 11.9 Å². The number of nitrogens with one attached hydrogen (secondary N) is 2. The van der Waals surface area contributed by atoms with E-state index in [4.69, 9.17) is 0 Å². The Morgan fingerprint density at radius 3 is 2.34 bits per heavy atom. The van der Waals surface area contributed by atoms with Gasteiger partial charge in [-0.25, -0.2) is 27.5 Å². The highest BCUT2D eigenvalue weighted by Gasteiger charge is 2.35. The molecule has 0 saturated heterocycles. The van der Waals surface area contributed by atoms with Crippen LogP contribution in [-0.4, -0.2) is 24.9 Å². The molecule has 154 valence electrons. The summed E-state index contributed by atoms with van der Waals surface area (Å²) in [5, 5.41) is 2.89. The van der Waals surface area contributed by atoms with Gasteiger partial charge in [-0.2, -0.15) is 13.2 Å². The molecule has 0 aliphatic carbocycles. The molecule has 0 atom stereocenters. The zero-order valence-electron chi connectivity index (χ0n) is 15.1. The third-order valence-corrected chi connectivity index (χ3v) is 5.36. The van der Waals surface area contributed by atoms with Gasteiger partial charge in [-0.15, -0.1) is 0 Å². The van der Waals surface area contributed by atoms with Crippen molar-refractivity contribution < 1.29 is 26.0 Å². The van der Waals surface area contributed by atoms with E-state index in [9.17, 15) is 26.0 Å². The van der Waals surface area contributed by atoms with Gasteiger partial charge in [0.25, 0.3) is 0 Å². The smallest absolute Gasteiger partial charge is 0.340 e. The highest BCUT2D eigenvalue weighted by atomic mass is 32.2. The molecule has 0 radical (unpaired) electrons. The van der Waals surface area contributed by atoms with Gasteiger partial charge in [-0.05, 0) is 42.8 Å². The predicted octanol–water partition coefficient (Wildman–Crippen LogP) is 4.22. The number of fused-ring (bicyclic) bond motifs is 1. The minimum Gasteiger partial charge on any atom is -0.340 e. The summed E-state index contributed by atoms with van der Waals surface area (Å²) in [6, 6.07) is 8.64. The van der Waals surface area contributed by atoms with E-state index in [1.54, 1.807) is 0 Å². The average molecular weight is 428 g/mol. The SMILES string of the molecule is CCCNS(=O)(=O)c1ccc(Nc2nc(C(F)(F)F)nc3cc(F)ccc23)cc1. The summed E-state index contributed by atoms with van der Waals surface area (Å²) in [7, 11) is -3.67. The standard InChI is InChI=1S/C18H16F4N4O2S/c1-2-9-23-29(27,28)13-6-4-12(5-7-13)24-16-14-8-3-11(19)10-15(14)25-17(26-16)18(20,21)22/h3-8,10,23H,2,9H2,1H3,(H,24,25,26). The van der Waals surface area contributed by atoms with Crippen molar-refractivity contribution in [2.24, 2.45) is 0 Å². The van der Waals surface area contributed by atoms with Crippen LogP contribution in [0.2, 0.25) is 0 Å². The Morgan fingerprint density at radius 2 is 1.72 bits per heavy atom. The normalized spacial score (nSPS) is 12.3. The minimum absolute atomic E-state index is 0.0158. The van der Waals surface area contributed by atoms with Crippen molar-refractivity contribution in [1.82, 2.24) is 14.7 Å². The van der Waals surface area contributed by atoms with Crippen LogP contribution in [0.15, 0.2) is 47.4 Å². The highest BCUT2D eigenvalue weighted by molar-refractivity contribution is 7.89. The topological polar surface area (TPSA) is 84.0 Å². The molecule has 2 aromatic carbocycles. The van der Waals surface area contributed by atoms with Gasteiger partial charge in [0.05, 0.1) is 10.4 Å². The molecule has 0 bridgehead atoms. The van der Waals surface area contributed by atoms with Crippen LogP contribution in [0.3, 0.4) is 0 Å². The highest BCUT2D eigenvalue weighted by Crippen LogP contribution is 2.32. The molecule has 0 aliphatic rings. The largest absolute Gasteiger partial charge is 0.451 e. The summed E-state index contributed by atoms with van der Waals surface area (Å²) < 4.78 is 79.4. The second-order valence-electron chi connectivity index (χ2n) is 6.10. The van der Waals surface area contributed by atoms with Crippen molar-refractivity contribution in [3.05, 3.63) is 54.1 Å². The van der Waals surface area contributed by atoms with Crippen LogP contribution >= 0.6 is 0 Å². The third-order valence-electron chi connectivity index (χ3n) is 3.88. The number of nitrogens with zero attached hydrogens (tertiary/aromatic N) is 2. The molecule has 1 aromatic heterocycles. The Morgan fingerprint density at radius 1 is 1.03 bits per heavy atom. The molecule has 0 fully saturated rings. The summed E-state index contributed by atoms with van der Waals surface area (Å²) in [5.41, 5.74) is 0.0923. The van der Waals surface area contributed by atoms with Gasteiger partial charge in [0.15, 0.2) is 0 Å². The molecule has 2 N–H and O–H groups in total. The Bertz CT molecular complexity index is 1130. The number of alkyl halides is 3. The van der Waals surface area contributed by atoms with Gasteiger partial charge in [0, 0.05) is 23.7 Å². The summed E-state index contributed by atoms with van der Waals surface area (Å²) in [6.45, 7) is 2.11. The number of hydrogen-bond donors (Lipinski definition) is 2. The quantitative estimate of drug-likeness (QED) is 0.575. The molecule has 1 heterocycles. The molecule has 3 aromatic rings. The summed E-state index contributed by atoms with van der Waals surface area (Å²) >= 11 is 0. The van der Waals surface area contributed by atoms with Gasteiger partial charge in [0.1, 0.15) is 11.6 Å². The molecule has 3 rings (SSSR count). The molecule has 0 aliphatic heterocycles. The lowest BCUT2D eigenvalue weighted by atomic mass is 10.2. The number of sulfonamides is 1. The summed E-state index contributed by atoms with van der Waals surface area (Å²) in [6.07, 6.45) is -4.19. The Hall–Kier alpha value is -2.79. The fourth-order valence-electron chi connectivity index (χ4n) is 2.50. The van der Waals surface area contributed by atoms with Crippen LogP contribution in [0.25, 0.3) is 10.9 Å². The molecular weight excluding hydrogens is 412 g/mol. The van der Waals surface area contributed by atoms with Crippen molar-refractivity contribution in [3.63, 3.8) is 0 Å². The van der Waals surface area contributed by atoms with Crippen LogP contribution in [0.5, 0.6) is 0 Å².